The van der Waals surface area contributed by atoms with Crippen LogP contribution in [0.5, 0.6) is 11.5 Å². The van der Waals surface area contributed by atoms with Gasteiger partial charge in [-0.05, 0) is 57.5 Å². The minimum atomic E-state index is -3.72. The summed E-state index contributed by atoms with van der Waals surface area (Å²) in [6, 6.07) is 8.20. The van der Waals surface area contributed by atoms with Crippen molar-refractivity contribution in [2.75, 3.05) is 12.9 Å². The molecular formula is C20H28N2O6S. The number of hydrogen-bond acceptors (Lipinski definition) is 6. The van der Waals surface area contributed by atoms with Gasteiger partial charge in [-0.2, -0.15) is 8.42 Å². The maximum Gasteiger partial charge on any atom is 0.318 e. The minimum Gasteiger partial charge on any atom is -0.493 e. The van der Waals surface area contributed by atoms with E-state index in [4.69, 9.17) is 13.3 Å². The molecule has 1 heterocycles. The monoisotopic (exact) mass is 424 g/mol. The summed E-state index contributed by atoms with van der Waals surface area (Å²) in [6.45, 7) is 7.65. The summed E-state index contributed by atoms with van der Waals surface area (Å²) >= 11 is 0. The molecule has 0 aliphatic carbocycles. The highest BCUT2D eigenvalue weighted by molar-refractivity contribution is 7.87. The van der Waals surface area contributed by atoms with Gasteiger partial charge in [-0.25, -0.2) is 4.79 Å². The third kappa shape index (κ3) is 7.01. The van der Waals surface area contributed by atoms with E-state index in [1.807, 2.05) is 20.8 Å². The average molecular weight is 425 g/mol. The predicted molar refractivity (Wildman–Crippen MR) is 109 cm³/mol. The smallest absolute Gasteiger partial charge is 0.318 e. The van der Waals surface area contributed by atoms with Crippen molar-refractivity contribution in [3.05, 3.63) is 47.9 Å². The standard InChI is InChI=1S/C20H28N2O6S/c1-6-29(24,25)28-18-12-15(9-10-17(18)26-5)13-22(14-16-8-7-11-27-16)19(23)21-20(2,3)4/h7-12H,6,13-14H2,1-5H3,(H,21,23). The van der Waals surface area contributed by atoms with E-state index in [9.17, 15) is 13.2 Å². The molecule has 0 unspecified atom stereocenters. The fourth-order valence-corrected chi connectivity index (χ4v) is 3.01. The van der Waals surface area contributed by atoms with Gasteiger partial charge in [0.15, 0.2) is 11.5 Å². The molecule has 1 aromatic heterocycles. The number of carbonyl (C=O) groups is 1. The van der Waals surface area contributed by atoms with E-state index in [0.29, 0.717) is 17.1 Å². The van der Waals surface area contributed by atoms with Crippen molar-refractivity contribution in [2.45, 2.75) is 46.3 Å². The van der Waals surface area contributed by atoms with Crippen LogP contribution in [0.25, 0.3) is 0 Å². The fraction of sp³-hybridized carbons (Fsp3) is 0.450. The highest BCUT2D eigenvalue weighted by Crippen LogP contribution is 2.30. The van der Waals surface area contributed by atoms with Crippen LogP contribution in [-0.4, -0.2) is 37.8 Å². The maximum absolute atomic E-state index is 12.8. The van der Waals surface area contributed by atoms with Gasteiger partial charge in [0.1, 0.15) is 5.76 Å². The molecule has 0 fully saturated rings. The molecule has 29 heavy (non-hydrogen) atoms. The van der Waals surface area contributed by atoms with Gasteiger partial charge in [0, 0.05) is 12.1 Å². The lowest BCUT2D eigenvalue weighted by Crippen LogP contribution is -2.47. The topological polar surface area (TPSA) is 98.1 Å². The second-order valence-electron chi connectivity index (χ2n) is 7.53. The molecule has 0 aliphatic rings. The van der Waals surface area contributed by atoms with E-state index in [0.717, 1.165) is 0 Å². The van der Waals surface area contributed by atoms with Gasteiger partial charge >= 0.3 is 16.1 Å². The van der Waals surface area contributed by atoms with Crippen LogP contribution in [0.1, 0.15) is 39.0 Å². The van der Waals surface area contributed by atoms with E-state index >= 15 is 0 Å². The first-order valence-corrected chi connectivity index (χ1v) is 10.8. The van der Waals surface area contributed by atoms with Crippen molar-refractivity contribution >= 4 is 16.1 Å². The lowest BCUT2D eigenvalue weighted by molar-refractivity contribution is 0.178. The highest BCUT2D eigenvalue weighted by atomic mass is 32.2. The number of rotatable bonds is 8. The Kier molecular flexibility index (Phi) is 7.18. The summed E-state index contributed by atoms with van der Waals surface area (Å²) < 4.78 is 39.5. The van der Waals surface area contributed by atoms with Crippen LogP contribution in [0.15, 0.2) is 41.0 Å². The fourth-order valence-electron chi connectivity index (χ4n) is 2.49. The molecule has 8 nitrogen and oxygen atoms in total. The van der Waals surface area contributed by atoms with Crippen molar-refractivity contribution in [1.29, 1.82) is 0 Å². The summed E-state index contributed by atoms with van der Waals surface area (Å²) in [5.41, 5.74) is 0.268. The number of nitrogens with one attached hydrogen (secondary N) is 1. The highest BCUT2D eigenvalue weighted by Gasteiger charge is 2.22. The van der Waals surface area contributed by atoms with Crippen LogP contribution < -0.4 is 14.2 Å². The molecule has 0 saturated carbocycles. The normalized spacial score (nSPS) is 11.8. The number of nitrogens with zero attached hydrogens (tertiary/aromatic N) is 1. The van der Waals surface area contributed by atoms with Crippen LogP contribution in [0.3, 0.4) is 0 Å². The van der Waals surface area contributed by atoms with E-state index in [2.05, 4.69) is 5.32 Å². The van der Waals surface area contributed by atoms with E-state index in [-0.39, 0.29) is 30.6 Å². The Labute approximate surface area is 171 Å². The summed E-state index contributed by atoms with van der Waals surface area (Å²) in [5.74, 6) is 0.843. The number of methoxy groups -OCH3 is 1. The Bertz CT molecular complexity index is 917. The van der Waals surface area contributed by atoms with Crippen molar-refractivity contribution in [1.82, 2.24) is 10.2 Å². The van der Waals surface area contributed by atoms with Gasteiger partial charge in [0.25, 0.3) is 0 Å². The first-order valence-electron chi connectivity index (χ1n) is 9.21. The number of urea groups is 1. The lowest BCUT2D eigenvalue weighted by atomic mass is 10.1. The molecule has 0 radical (unpaired) electrons. The van der Waals surface area contributed by atoms with Crippen LogP contribution in [0.2, 0.25) is 0 Å². The number of ether oxygens (including phenoxy) is 1. The summed E-state index contributed by atoms with van der Waals surface area (Å²) in [7, 11) is -2.29. The number of carbonyl (C=O) groups excluding carboxylic acids is 1. The minimum absolute atomic E-state index is 0.0843. The first-order chi connectivity index (χ1) is 13.5. The molecule has 2 rings (SSSR count). The number of hydrogen-bond donors (Lipinski definition) is 1. The third-order valence-electron chi connectivity index (χ3n) is 3.87. The predicted octanol–water partition coefficient (Wildman–Crippen LogP) is 3.53. The third-order valence-corrected chi connectivity index (χ3v) is 5.01. The molecule has 9 heteroatoms. The number of amides is 2. The molecule has 2 amide bonds. The van der Waals surface area contributed by atoms with Gasteiger partial charge in [-0.15, -0.1) is 0 Å². The maximum atomic E-state index is 12.8. The molecule has 0 saturated heterocycles. The van der Waals surface area contributed by atoms with Crippen molar-refractivity contribution in [3.8, 4) is 11.5 Å². The Morgan fingerprint density at radius 2 is 1.90 bits per heavy atom. The zero-order valence-electron chi connectivity index (χ0n) is 17.4. The molecule has 0 bridgehead atoms. The summed E-state index contributed by atoms with van der Waals surface area (Å²) in [6.07, 6.45) is 1.55. The second kappa shape index (κ2) is 9.21. The molecule has 2 aromatic rings. The lowest BCUT2D eigenvalue weighted by Gasteiger charge is -2.28. The molecule has 0 spiro atoms. The van der Waals surface area contributed by atoms with Gasteiger partial charge in [-0.3, -0.25) is 0 Å². The molecule has 0 atom stereocenters. The molecule has 1 N–H and O–H groups in total. The Morgan fingerprint density at radius 1 is 1.17 bits per heavy atom. The number of benzene rings is 1. The first kappa shape index (κ1) is 22.6. The van der Waals surface area contributed by atoms with Gasteiger partial charge in [0.2, 0.25) is 0 Å². The second-order valence-corrected chi connectivity index (χ2v) is 9.39. The molecule has 0 aliphatic heterocycles. The van der Waals surface area contributed by atoms with E-state index in [1.165, 1.54) is 14.0 Å². The average Bonchev–Trinajstić information content (AvgIpc) is 3.13. The van der Waals surface area contributed by atoms with Gasteiger partial charge in [0.05, 0.1) is 25.7 Å². The van der Waals surface area contributed by atoms with Crippen LogP contribution in [0, 0.1) is 0 Å². The van der Waals surface area contributed by atoms with Crippen LogP contribution in [0.4, 0.5) is 4.79 Å². The van der Waals surface area contributed by atoms with Crippen LogP contribution >= 0.6 is 0 Å². The van der Waals surface area contributed by atoms with Crippen molar-refractivity contribution in [3.63, 3.8) is 0 Å². The molecular weight excluding hydrogens is 396 g/mol. The largest absolute Gasteiger partial charge is 0.493 e. The molecule has 160 valence electrons. The van der Waals surface area contributed by atoms with Gasteiger partial charge < -0.3 is 23.6 Å². The Balaban J connectivity index is 2.30. The molecule has 1 aromatic carbocycles. The van der Waals surface area contributed by atoms with Gasteiger partial charge in [-0.1, -0.05) is 6.07 Å². The quantitative estimate of drug-likeness (QED) is 0.651. The van der Waals surface area contributed by atoms with Crippen LogP contribution in [-0.2, 0) is 23.2 Å². The van der Waals surface area contributed by atoms with Crippen molar-refractivity contribution in [2.24, 2.45) is 0 Å². The van der Waals surface area contributed by atoms with E-state index < -0.39 is 15.7 Å². The van der Waals surface area contributed by atoms with E-state index in [1.54, 1.807) is 41.5 Å². The zero-order chi connectivity index (χ0) is 21.7. The Morgan fingerprint density at radius 3 is 2.45 bits per heavy atom. The SMILES string of the molecule is CCS(=O)(=O)Oc1cc(CN(Cc2ccco2)C(=O)NC(C)(C)C)ccc1OC. The number of furan rings is 1. The van der Waals surface area contributed by atoms with Crippen molar-refractivity contribution < 1.29 is 26.5 Å². The zero-order valence-corrected chi connectivity index (χ0v) is 18.2. The summed E-state index contributed by atoms with van der Waals surface area (Å²) in [4.78, 5) is 14.4. The Hall–Kier alpha value is -2.68. The summed E-state index contributed by atoms with van der Waals surface area (Å²) in [5, 5.41) is 2.93.